The van der Waals surface area contributed by atoms with E-state index in [2.05, 4.69) is 23.7 Å². The van der Waals surface area contributed by atoms with Gasteiger partial charge in [-0.3, -0.25) is 4.79 Å². The quantitative estimate of drug-likeness (QED) is 0.392. The number of thiazole rings is 1. The lowest BCUT2D eigenvalue weighted by Crippen LogP contribution is -2.26. The monoisotopic (exact) mass is 392 g/mol. The minimum Gasteiger partial charge on any atom is -0.481 e. The van der Waals surface area contributed by atoms with Gasteiger partial charge >= 0.3 is 0 Å². The molecule has 2 aromatic carbocycles. The Bertz CT molecular complexity index is 1000. The van der Waals surface area contributed by atoms with Crippen LogP contribution in [0.15, 0.2) is 48.0 Å². The van der Waals surface area contributed by atoms with Gasteiger partial charge in [-0.2, -0.15) is 0 Å². The van der Waals surface area contributed by atoms with Crippen LogP contribution in [0.1, 0.15) is 43.0 Å². The van der Waals surface area contributed by atoms with E-state index in [0.717, 1.165) is 28.7 Å². The molecule has 3 rings (SSSR count). The minimum atomic E-state index is -0.0665. The maximum atomic E-state index is 12.9. The molecular weight excluding hydrogens is 368 g/mol. The van der Waals surface area contributed by atoms with Crippen LogP contribution < -0.4 is 9.64 Å². The first-order valence-electron chi connectivity index (χ1n) is 9.49. The van der Waals surface area contributed by atoms with Crippen molar-refractivity contribution in [3.63, 3.8) is 0 Å². The molecule has 0 saturated carbocycles. The molecular formula is C23H24N2O2S. The van der Waals surface area contributed by atoms with Gasteiger partial charge in [0, 0.05) is 30.8 Å². The Kier molecular flexibility index (Phi) is 7.05. The standard InChI is InChI=1S/C23H24N2O2S/c1-3-4-5-6-7-8-14-27-20-11-9-10-19(16-20)25(2)23(26)18-12-13-21-22(15-18)28-17-24-21/h9-13,15-17H,3-6,14H2,1-2H3. The molecule has 0 aliphatic rings. The molecule has 144 valence electrons. The fraction of sp³-hybridized carbons (Fsp3) is 0.304. The van der Waals surface area contributed by atoms with Crippen molar-refractivity contribution in [2.75, 3.05) is 18.6 Å². The number of hydrogen-bond donors (Lipinski definition) is 0. The second-order valence-corrected chi connectivity index (χ2v) is 7.38. The topological polar surface area (TPSA) is 42.4 Å². The Morgan fingerprint density at radius 1 is 1.18 bits per heavy atom. The smallest absolute Gasteiger partial charge is 0.258 e. The summed E-state index contributed by atoms with van der Waals surface area (Å²) in [6.45, 7) is 2.54. The SMILES string of the molecule is CCCCCC#CCOc1cccc(N(C)C(=O)c2ccc3ncsc3c2)c1. The summed E-state index contributed by atoms with van der Waals surface area (Å²) in [5, 5.41) is 0. The fourth-order valence-corrected chi connectivity index (χ4v) is 3.52. The predicted molar refractivity (Wildman–Crippen MR) is 116 cm³/mol. The van der Waals surface area contributed by atoms with E-state index in [1.807, 2.05) is 42.5 Å². The normalized spacial score (nSPS) is 10.4. The lowest BCUT2D eigenvalue weighted by Gasteiger charge is -2.18. The molecule has 0 N–H and O–H groups in total. The van der Waals surface area contributed by atoms with E-state index < -0.39 is 0 Å². The largest absolute Gasteiger partial charge is 0.481 e. The second kappa shape index (κ2) is 9.91. The van der Waals surface area contributed by atoms with Crippen LogP contribution in [0.4, 0.5) is 5.69 Å². The van der Waals surface area contributed by atoms with Gasteiger partial charge in [-0.15, -0.1) is 11.3 Å². The maximum absolute atomic E-state index is 12.9. The highest BCUT2D eigenvalue weighted by molar-refractivity contribution is 7.16. The van der Waals surface area contributed by atoms with Gasteiger partial charge in [0.15, 0.2) is 0 Å². The average molecular weight is 393 g/mol. The van der Waals surface area contributed by atoms with Gasteiger partial charge in [0.2, 0.25) is 0 Å². The van der Waals surface area contributed by atoms with E-state index in [1.54, 1.807) is 17.5 Å². The summed E-state index contributed by atoms with van der Waals surface area (Å²) in [5.41, 5.74) is 4.12. The Hall–Kier alpha value is -2.84. The summed E-state index contributed by atoms with van der Waals surface area (Å²) >= 11 is 1.53. The van der Waals surface area contributed by atoms with E-state index in [4.69, 9.17) is 4.74 Å². The van der Waals surface area contributed by atoms with Crippen LogP contribution >= 0.6 is 11.3 Å². The number of aromatic nitrogens is 1. The van der Waals surface area contributed by atoms with Crippen molar-refractivity contribution >= 4 is 33.1 Å². The molecule has 0 aliphatic heterocycles. The number of nitrogens with zero attached hydrogens (tertiary/aromatic N) is 2. The first-order valence-corrected chi connectivity index (χ1v) is 10.4. The molecule has 0 saturated heterocycles. The highest BCUT2D eigenvalue weighted by Gasteiger charge is 2.15. The highest BCUT2D eigenvalue weighted by Crippen LogP contribution is 2.24. The predicted octanol–water partition coefficient (Wildman–Crippen LogP) is 5.54. The average Bonchev–Trinajstić information content (AvgIpc) is 3.20. The number of carbonyl (C=O) groups excluding carboxylic acids is 1. The number of amides is 1. The van der Waals surface area contributed by atoms with Crippen LogP contribution in [0.3, 0.4) is 0 Å². The third-order valence-corrected chi connectivity index (χ3v) is 5.22. The van der Waals surface area contributed by atoms with Gasteiger partial charge in [0.05, 0.1) is 15.7 Å². The number of unbranched alkanes of at least 4 members (excludes halogenated alkanes) is 3. The molecule has 0 aliphatic carbocycles. The van der Waals surface area contributed by atoms with Gasteiger partial charge < -0.3 is 9.64 Å². The number of carbonyl (C=O) groups is 1. The van der Waals surface area contributed by atoms with Crippen molar-refractivity contribution < 1.29 is 9.53 Å². The van der Waals surface area contributed by atoms with Gasteiger partial charge in [0.1, 0.15) is 12.4 Å². The molecule has 5 heteroatoms. The number of benzene rings is 2. The van der Waals surface area contributed by atoms with E-state index in [9.17, 15) is 4.79 Å². The van der Waals surface area contributed by atoms with Crippen molar-refractivity contribution in [1.82, 2.24) is 4.98 Å². The number of hydrogen-bond acceptors (Lipinski definition) is 4. The van der Waals surface area contributed by atoms with Crippen LogP contribution in [0.5, 0.6) is 5.75 Å². The van der Waals surface area contributed by atoms with Crippen LogP contribution in [0.25, 0.3) is 10.2 Å². The highest BCUT2D eigenvalue weighted by atomic mass is 32.1. The molecule has 0 atom stereocenters. The summed E-state index contributed by atoms with van der Waals surface area (Å²) in [4.78, 5) is 18.7. The van der Waals surface area contributed by atoms with Crippen LogP contribution in [-0.2, 0) is 0 Å². The Morgan fingerprint density at radius 3 is 2.93 bits per heavy atom. The molecule has 1 amide bonds. The fourth-order valence-electron chi connectivity index (χ4n) is 2.80. The molecule has 4 nitrogen and oxygen atoms in total. The summed E-state index contributed by atoms with van der Waals surface area (Å²) in [6, 6.07) is 13.1. The number of fused-ring (bicyclic) bond motifs is 1. The minimum absolute atomic E-state index is 0.0665. The first-order chi connectivity index (χ1) is 13.7. The molecule has 28 heavy (non-hydrogen) atoms. The lowest BCUT2D eigenvalue weighted by atomic mass is 10.1. The van der Waals surface area contributed by atoms with Crippen LogP contribution in [0.2, 0.25) is 0 Å². The molecule has 0 fully saturated rings. The zero-order valence-corrected chi connectivity index (χ0v) is 17.1. The van der Waals surface area contributed by atoms with Crippen molar-refractivity contribution in [2.24, 2.45) is 0 Å². The van der Waals surface area contributed by atoms with Gasteiger partial charge in [0.25, 0.3) is 5.91 Å². The Labute approximate surface area is 170 Å². The van der Waals surface area contributed by atoms with E-state index in [0.29, 0.717) is 17.9 Å². The molecule has 1 heterocycles. The zero-order valence-electron chi connectivity index (χ0n) is 16.3. The Morgan fingerprint density at radius 2 is 2.07 bits per heavy atom. The van der Waals surface area contributed by atoms with Crippen molar-refractivity contribution in [2.45, 2.75) is 32.6 Å². The third-order valence-electron chi connectivity index (χ3n) is 4.43. The maximum Gasteiger partial charge on any atom is 0.258 e. The van der Waals surface area contributed by atoms with Crippen LogP contribution in [-0.4, -0.2) is 24.5 Å². The molecule has 1 aromatic heterocycles. The van der Waals surface area contributed by atoms with Crippen molar-refractivity contribution in [3.8, 4) is 17.6 Å². The summed E-state index contributed by atoms with van der Waals surface area (Å²) in [7, 11) is 1.77. The summed E-state index contributed by atoms with van der Waals surface area (Å²) in [5.74, 6) is 6.82. The van der Waals surface area contributed by atoms with Crippen molar-refractivity contribution in [3.05, 3.63) is 53.5 Å². The molecule has 0 bridgehead atoms. The van der Waals surface area contributed by atoms with Crippen LogP contribution in [0, 0.1) is 11.8 Å². The summed E-state index contributed by atoms with van der Waals surface area (Å²) in [6.07, 6.45) is 4.47. The second-order valence-electron chi connectivity index (χ2n) is 6.50. The third kappa shape index (κ3) is 5.11. The van der Waals surface area contributed by atoms with Gasteiger partial charge in [-0.25, -0.2) is 4.98 Å². The molecule has 0 radical (unpaired) electrons. The van der Waals surface area contributed by atoms with E-state index in [-0.39, 0.29) is 5.91 Å². The number of anilines is 1. The zero-order chi connectivity index (χ0) is 19.8. The van der Waals surface area contributed by atoms with Gasteiger partial charge in [-0.1, -0.05) is 37.7 Å². The first kappa shape index (κ1) is 19.9. The number of ether oxygens (including phenoxy) is 1. The van der Waals surface area contributed by atoms with Crippen molar-refractivity contribution in [1.29, 1.82) is 0 Å². The molecule has 0 unspecified atom stereocenters. The van der Waals surface area contributed by atoms with E-state index in [1.165, 1.54) is 24.2 Å². The molecule has 0 spiro atoms. The Balaban J connectivity index is 1.62. The lowest BCUT2D eigenvalue weighted by molar-refractivity contribution is 0.0993. The van der Waals surface area contributed by atoms with E-state index >= 15 is 0 Å². The summed E-state index contributed by atoms with van der Waals surface area (Å²) < 4.78 is 6.73. The number of rotatable bonds is 7. The van der Waals surface area contributed by atoms with Gasteiger partial charge in [-0.05, 0) is 36.8 Å². The molecule has 3 aromatic rings.